The van der Waals surface area contributed by atoms with Crippen molar-refractivity contribution in [3.05, 3.63) is 41.5 Å². The number of carbonyl (C=O) groups is 1. The molecule has 0 radical (unpaired) electrons. The van der Waals surface area contributed by atoms with E-state index in [2.05, 4.69) is 25.3 Å². The van der Waals surface area contributed by atoms with Crippen molar-refractivity contribution in [3.8, 4) is 0 Å². The van der Waals surface area contributed by atoms with E-state index in [1.165, 1.54) is 0 Å². The minimum Gasteiger partial charge on any atom is -0.344 e. The van der Waals surface area contributed by atoms with Gasteiger partial charge in [0.05, 0.1) is 11.6 Å². The molecule has 20 heavy (non-hydrogen) atoms. The Kier molecular flexibility index (Phi) is 4.45. The summed E-state index contributed by atoms with van der Waals surface area (Å²) in [5.41, 5.74) is 1.44. The molecule has 106 valence electrons. The van der Waals surface area contributed by atoms with E-state index in [9.17, 15) is 4.79 Å². The molecule has 6 nitrogen and oxygen atoms in total. The van der Waals surface area contributed by atoms with E-state index in [1.54, 1.807) is 18.6 Å². The minimum absolute atomic E-state index is 0.137. The number of H-pyrrole nitrogens is 1. The Morgan fingerprint density at radius 3 is 2.45 bits per heavy atom. The van der Waals surface area contributed by atoms with Crippen molar-refractivity contribution in [2.75, 3.05) is 0 Å². The van der Waals surface area contributed by atoms with Gasteiger partial charge in [0.1, 0.15) is 11.6 Å². The zero-order chi connectivity index (χ0) is 14.5. The number of carbonyl (C=O) groups excluding carboxylic acids is 1. The fourth-order valence-electron chi connectivity index (χ4n) is 1.87. The maximum atomic E-state index is 12.2. The highest BCUT2D eigenvalue weighted by Crippen LogP contribution is 2.13. The lowest BCUT2D eigenvalue weighted by molar-refractivity contribution is 0.0933. The van der Waals surface area contributed by atoms with Crippen molar-refractivity contribution in [1.29, 1.82) is 0 Å². The van der Waals surface area contributed by atoms with E-state index in [1.807, 2.05) is 20.8 Å². The summed E-state index contributed by atoms with van der Waals surface area (Å²) in [5.74, 6) is 1.31. The van der Waals surface area contributed by atoms with Gasteiger partial charge < -0.3 is 10.3 Å². The molecule has 2 N–H and O–H groups in total. The summed E-state index contributed by atoms with van der Waals surface area (Å²) >= 11 is 0. The molecule has 2 heterocycles. The van der Waals surface area contributed by atoms with Gasteiger partial charge in [-0.1, -0.05) is 13.8 Å². The Bertz CT molecular complexity index is 576. The molecular formula is C14H19N5O. The first-order valence-corrected chi connectivity index (χ1v) is 6.77. The van der Waals surface area contributed by atoms with Gasteiger partial charge in [0.25, 0.3) is 5.91 Å². The Labute approximate surface area is 118 Å². The van der Waals surface area contributed by atoms with Crippen LogP contribution in [0.15, 0.2) is 18.6 Å². The standard InChI is InChI=1S/C14H19N5O/c1-4-11(13-17-6-9(3)18-13)19-14(20)10-7-15-12(5-2)16-8-10/h6-8,11H,4-5H2,1-3H3,(H,17,18)(H,19,20)/t11-/m0/s1. The van der Waals surface area contributed by atoms with Crippen LogP contribution in [0.1, 0.15) is 54.0 Å². The van der Waals surface area contributed by atoms with Crippen LogP contribution in [-0.2, 0) is 6.42 Å². The van der Waals surface area contributed by atoms with E-state index in [4.69, 9.17) is 0 Å². The summed E-state index contributed by atoms with van der Waals surface area (Å²) in [4.78, 5) is 27.8. The van der Waals surface area contributed by atoms with Gasteiger partial charge in [-0.25, -0.2) is 15.0 Å². The third-order valence-corrected chi connectivity index (χ3v) is 3.05. The molecule has 1 atom stereocenters. The molecule has 0 spiro atoms. The minimum atomic E-state index is -0.187. The summed E-state index contributed by atoms with van der Waals surface area (Å²) in [7, 11) is 0. The van der Waals surface area contributed by atoms with Crippen LogP contribution >= 0.6 is 0 Å². The number of nitrogens with one attached hydrogen (secondary N) is 2. The van der Waals surface area contributed by atoms with Gasteiger partial charge in [0.2, 0.25) is 0 Å². The normalized spacial score (nSPS) is 12.2. The summed E-state index contributed by atoms with van der Waals surface area (Å²) < 4.78 is 0. The number of hydrogen-bond acceptors (Lipinski definition) is 4. The monoisotopic (exact) mass is 273 g/mol. The van der Waals surface area contributed by atoms with Gasteiger partial charge >= 0.3 is 0 Å². The molecule has 1 amide bonds. The number of nitrogens with zero attached hydrogens (tertiary/aromatic N) is 3. The van der Waals surface area contributed by atoms with Gasteiger partial charge in [0, 0.05) is 30.7 Å². The van der Waals surface area contributed by atoms with Crippen LogP contribution in [0.25, 0.3) is 0 Å². The highest BCUT2D eigenvalue weighted by atomic mass is 16.1. The molecular weight excluding hydrogens is 254 g/mol. The lowest BCUT2D eigenvalue weighted by atomic mass is 10.2. The van der Waals surface area contributed by atoms with E-state index in [0.717, 1.165) is 30.2 Å². The molecule has 2 rings (SSSR count). The molecule has 6 heteroatoms. The molecule has 0 saturated heterocycles. The van der Waals surface area contributed by atoms with Crippen LogP contribution in [0.4, 0.5) is 0 Å². The fourth-order valence-corrected chi connectivity index (χ4v) is 1.87. The molecule has 0 aliphatic rings. The smallest absolute Gasteiger partial charge is 0.255 e. The number of imidazole rings is 1. The first-order chi connectivity index (χ1) is 9.63. The summed E-state index contributed by atoms with van der Waals surface area (Å²) in [6, 6.07) is -0.137. The van der Waals surface area contributed by atoms with Gasteiger partial charge in [-0.05, 0) is 13.3 Å². The second kappa shape index (κ2) is 6.27. The van der Waals surface area contributed by atoms with Crippen LogP contribution in [0.2, 0.25) is 0 Å². The predicted octanol–water partition coefficient (Wildman–Crippen LogP) is 1.95. The summed E-state index contributed by atoms with van der Waals surface area (Å²) in [6.45, 7) is 5.91. The average Bonchev–Trinajstić information content (AvgIpc) is 2.91. The van der Waals surface area contributed by atoms with Crippen LogP contribution in [0.3, 0.4) is 0 Å². The third-order valence-electron chi connectivity index (χ3n) is 3.05. The number of aromatic amines is 1. The Morgan fingerprint density at radius 2 is 1.95 bits per heavy atom. The van der Waals surface area contributed by atoms with Crippen molar-refractivity contribution in [1.82, 2.24) is 25.3 Å². The lowest BCUT2D eigenvalue weighted by Crippen LogP contribution is -2.29. The summed E-state index contributed by atoms with van der Waals surface area (Å²) in [6.07, 6.45) is 6.38. The molecule has 2 aromatic heterocycles. The zero-order valence-electron chi connectivity index (χ0n) is 12.0. The zero-order valence-corrected chi connectivity index (χ0v) is 12.0. The van der Waals surface area contributed by atoms with Crippen molar-refractivity contribution in [2.45, 2.75) is 39.7 Å². The number of aromatic nitrogens is 4. The highest BCUT2D eigenvalue weighted by Gasteiger charge is 2.17. The van der Waals surface area contributed by atoms with Gasteiger partial charge in [0.15, 0.2) is 0 Å². The van der Waals surface area contributed by atoms with E-state index >= 15 is 0 Å². The van der Waals surface area contributed by atoms with Crippen LogP contribution in [0.5, 0.6) is 0 Å². The summed E-state index contributed by atoms with van der Waals surface area (Å²) in [5, 5.41) is 2.94. The maximum absolute atomic E-state index is 12.2. The molecule has 0 unspecified atom stereocenters. The van der Waals surface area contributed by atoms with E-state index < -0.39 is 0 Å². The second-order valence-electron chi connectivity index (χ2n) is 4.63. The Balaban J connectivity index is 2.08. The highest BCUT2D eigenvalue weighted by molar-refractivity contribution is 5.93. The SMILES string of the molecule is CCc1ncc(C(=O)N[C@@H](CC)c2ncc(C)[nH]2)cn1. The van der Waals surface area contributed by atoms with Crippen LogP contribution in [-0.4, -0.2) is 25.8 Å². The number of amides is 1. The maximum Gasteiger partial charge on any atom is 0.255 e. The average molecular weight is 273 g/mol. The van der Waals surface area contributed by atoms with E-state index in [0.29, 0.717) is 5.56 Å². The molecule has 0 aliphatic carbocycles. The molecule has 2 aromatic rings. The van der Waals surface area contributed by atoms with Gasteiger partial charge in [-0.3, -0.25) is 4.79 Å². The first-order valence-electron chi connectivity index (χ1n) is 6.77. The molecule has 0 aliphatic heterocycles. The molecule has 0 saturated carbocycles. The first kappa shape index (κ1) is 14.2. The predicted molar refractivity (Wildman–Crippen MR) is 75.2 cm³/mol. The molecule has 0 bridgehead atoms. The third kappa shape index (κ3) is 3.20. The van der Waals surface area contributed by atoms with Gasteiger partial charge in [-0.2, -0.15) is 0 Å². The molecule has 0 fully saturated rings. The second-order valence-corrected chi connectivity index (χ2v) is 4.63. The Hall–Kier alpha value is -2.24. The van der Waals surface area contributed by atoms with E-state index in [-0.39, 0.29) is 11.9 Å². The van der Waals surface area contributed by atoms with Crippen molar-refractivity contribution >= 4 is 5.91 Å². The quantitative estimate of drug-likeness (QED) is 0.872. The van der Waals surface area contributed by atoms with Crippen molar-refractivity contribution in [2.24, 2.45) is 0 Å². The largest absolute Gasteiger partial charge is 0.344 e. The van der Waals surface area contributed by atoms with Gasteiger partial charge in [-0.15, -0.1) is 0 Å². The van der Waals surface area contributed by atoms with Crippen LogP contribution in [0, 0.1) is 6.92 Å². The number of hydrogen-bond donors (Lipinski definition) is 2. The van der Waals surface area contributed by atoms with Crippen molar-refractivity contribution < 1.29 is 4.79 Å². The fraction of sp³-hybridized carbons (Fsp3) is 0.429. The lowest BCUT2D eigenvalue weighted by Gasteiger charge is -2.14. The van der Waals surface area contributed by atoms with Crippen molar-refractivity contribution in [3.63, 3.8) is 0 Å². The number of aryl methyl sites for hydroxylation is 2. The molecule has 0 aromatic carbocycles. The van der Waals surface area contributed by atoms with Crippen LogP contribution < -0.4 is 5.32 Å². The topological polar surface area (TPSA) is 83.6 Å². The Morgan fingerprint density at radius 1 is 1.25 bits per heavy atom. The number of rotatable bonds is 5.